The van der Waals surface area contributed by atoms with E-state index in [0.29, 0.717) is 38.0 Å². The molecule has 0 radical (unpaired) electrons. The van der Waals surface area contributed by atoms with Crippen molar-refractivity contribution in [2.75, 3.05) is 33.9 Å². The van der Waals surface area contributed by atoms with Gasteiger partial charge in [0.1, 0.15) is 5.60 Å². The lowest BCUT2D eigenvalue weighted by atomic mass is 10.1. The molecule has 0 aliphatic carbocycles. The Morgan fingerprint density at radius 1 is 1.28 bits per heavy atom. The molecule has 1 heterocycles. The van der Waals surface area contributed by atoms with E-state index in [9.17, 15) is 4.79 Å². The van der Waals surface area contributed by atoms with Crippen LogP contribution in [0.4, 0.5) is 4.79 Å². The Hall–Kier alpha value is -1.91. The second kappa shape index (κ2) is 11.3. The fourth-order valence-corrected chi connectivity index (χ4v) is 2.72. The first-order chi connectivity index (χ1) is 13.3. The normalized spacial score (nSPS) is 14.4. The smallest absolute Gasteiger partial charge is 0.410 e. The van der Waals surface area contributed by atoms with Crippen LogP contribution in [0.3, 0.4) is 0 Å². The van der Waals surface area contributed by atoms with Crippen LogP contribution in [0.1, 0.15) is 33.3 Å². The van der Waals surface area contributed by atoms with Gasteiger partial charge in [0.2, 0.25) is 0 Å². The molecule has 8 nitrogen and oxygen atoms in total. The van der Waals surface area contributed by atoms with Crippen LogP contribution < -0.4 is 20.1 Å². The molecule has 1 amide bonds. The van der Waals surface area contributed by atoms with Gasteiger partial charge in [-0.2, -0.15) is 0 Å². The summed E-state index contributed by atoms with van der Waals surface area (Å²) in [6, 6.07) is 5.98. The summed E-state index contributed by atoms with van der Waals surface area (Å²) < 4.78 is 16.3. The molecule has 164 valence electrons. The van der Waals surface area contributed by atoms with Gasteiger partial charge in [-0.1, -0.05) is 6.07 Å². The van der Waals surface area contributed by atoms with E-state index >= 15 is 0 Å². The molecule has 1 aliphatic heterocycles. The van der Waals surface area contributed by atoms with Crippen molar-refractivity contribution in [3.8, 4) is 11.5 Å². The first-order valence-corrected chi connectivity index (χ1v) is 9.50. The van der Waals surface area contributed by atoms with Crippen molar-refractivity contribution in [1.82, 2.24) is 15.5 Å². The Morgan fingerprint density at radius 3 is 2.52 bits per heavy atom. The van der Waals surface area contributed by atoms with Gasteiger partial charge in [0, 0.05) is 26.7 Å². The second-order valence-corrected chi connectivity index (χ2v) is 7.57. The van der Waals surface area contributed by atoms with Crippen LogP contribution in [0.15, 0.2) is 23.2 Å². The molecular weight excluding hydrogens is 487 g/mol. The van der Waals surface area contributed by atoms with Crippen LogP contribution in [0.5, 0.6) is 11.5 Å². The zero-order valence-electron chi connectivity index (χ0n) is 18.1. The molecule has 9 heteroatoms. The summed E-state index contributed by atoms with van der Waals surface area (Å²) in [6.45, 7) is 9.89. The zero-order chi connectivity index (χ0) is 20.7. The van der Waals surface area contributed by atoms with E-state index in [4.69, 9.17) is 14.2 Å². The van der Waals surface area contributed by atoms with E-state index in [1.807, 2.05) is 45.9 Å². The summed E-state index contributed by atoms with van der Waals surface area (Å²) in [5, 5.41) is 6.59. The topological polar surface area (TPSA) is 84.4 Å². The summed E-state index contributed by atoms with van der Waals surface area (Å²) in [7, 11) is 3.35. The number of ether oxygens (including phenoxy) is 3. The Kier molecular flexibility index (Phi) is 9.81. The number of likely N-dealkylation sites (tertiary alicyclic amines) is 1. The number of amides is 1. The van der Waals surface area contributed by atoms with E-state index in [1.54, 1.807) is 19.1 Å². The number of carbonyl (C=O) groups excluding carboxylic acids is 1. The van der Waals surface area contributed by atoms with Crippen LogP contribution >= 0.6 is 24.0 Å². The molecular formula is C20H33IN4O4. The number of nitrogens with one attached hydrogen (secondary N) is 2. The van der Waals surface area contributed by atoms with Crippen molar-refractivity contribution < 1.29 is 19.0 Å². The number of rotatable bonds is 6. The highest BCUT2D eigenvalue weighted by Gasteiger charge is 2.34. The second-order valence-electron chi connectivity index (χ2n) is 7.57. The van der Waals surface area contributed by atoms with E-state index in [-0.39, 0.29) is 36.1 Å². The Morgan fingerprint density at radius 2 is 1.97 bits per heavy atom. The first-order valence-electron chi connectivity index (χ1n) is 9.50. The average molecular weight is 520 g/mol. The molecule has 1 aromatic carbocycles. The van der Waals surface area contributed by atoms with E-state index in [2.05, 4.69) is 15.6 Å². The lowest BCUT2D eigenvalue weighted by Gasteiger charge is -2.40. The van der Waals surface area contributed by atoms with Gasteiger partial charge in [-0.3, -0.25) is 4.99 Å². The van der Waals surface area contributed by atoms with Crippen molar-refractivity contribution in [2.45, 2.75) is 45.9 Å². The van der Waals surface area contributed by atoms with Gasteiger partial charge in [-0.25, -0.2) is 4.79 Å². The van der Waals surface area contributed by atoms with Crippen LogP contribution in [0.2, 0.25) is 0 Å². The number of guanidine groups is 1. The molecule has 0 atom stereocenters. The maximum Gasteiger partial charge on any atom is 0.410 e. The monoisotopic (exact) mass is 520 g/mol. The van der Waals surface area contributed by atoms with Crippen LogP contribution in [0, 0.1) is 0 Å². The molecule has 1 aromatic rings. The minimum absolute atomic E-state index is 0. The summed E-state index contributed by atoms with van der Waals surface area (Å²) in [5.41, 5.74) is 0.568. The average Bonchev–Trinajstić information content (AvgIpc) is 2.59. The molecule has 1 aliphatic rings. The number of nitrogens with zero attached hydrogens (tertiary/aromatic N) is 2. The summed E-state index contributed by atoms with van der Waals surface area (Å²) >= 11 is 0. The fourth-order valence-electron chi connectivity index (χ4n) is 2.72. The molecule has 2 N–H and O–H groups in total. The van der Waals surface area contributed by atoms with Gasteiger partial charge in [0.15, 0.2) is 17.5 Å². The van der Waals surface area contributed by atoms with Crippen molar-refractivity contribution >= 4 is 36.0 Å². The van der Waals surface area contributed by atoms with E-state index in [1.165, 1.54) is 0 Å². The van der Waals surface area contributed by atoms with Gasteiger partial charge in [-0.15, -0.1) is 24.0 Å². The number of hydrogen-bond donors (Lipinski definition) is 2. The van der Waals surface area contributed by atoms with Gasteiger partial charge in [0.25, 0.3) is 0 Å². The highest BCUT2D eigenvalue weighted by atomic mass is 127. The number of benzene rings is 1. The Bertz CT molecular complexity index is 700. The number of carbonyl (C=O) groups is 1. The number of hydrogen-bond acceptors (Lipinski definition) is 5. The predicted octanol–water partition coefficient (Wildman–Crippen LogP) is 3.00. The third-order valence-corrected chi connectivity index (χ3v) is 4.09. The van der Waals surface area contributed by atoms with Crippen molar-refractivity contribution in [1.29, 1.82) is 0 Å². The van der Waals surface area contributed by atoms with Gasteiger partial charge in [-0.05, 0) is 45.4 Å². The standard InChI is InChI=1S/C20H32N4O4.HI/c1-7-27-16-9-8-14(10-17(16)26-6)11-22-18(21-5)23-15-12-24(13-15)19(25)28-20(2,3)4;/h8-10,15H,7,11-13H2,1-6H3,(H2,21,22,23);1H. The lowest BCUT2D eigenvalue weighted by molar-refractivity contribution is 0.00701. The predicted molar refractivity (Wildman–Crippen MR) is 125 cm³/mol. The molecule has 29 heavy (non-hydrogen) atoms. The molecule has 1 fully saturated rings. The molecule has 2 rings (SSSR count). The summed E-state index contributed by atoms with van der Waals surface area (Å²) in [5.74, 6) is 2.12. The summed E-state index contributed by atoms with van der Waals surface area (Å²) in [4.78, 5) is 17.9. The lowest BCUT2D eigenvalue weighted by Crippen LogP contribution is -2.63. The van der Waals surface area contributed by atoms with Crippen molar-refractivity contribution in [3.05, 3.63) is 23.8 Å². The van der Waals surface area contributed by atoms with Gasteiger partial charge >= 0.3 is 6.09 Å². The molecule has 0 spiro atoms. The first kappa shape index (κ1) is 25.1. The summed E-state index contributed by atoms with van der Waals surface area (Å²) in [6.07, 6.45) is -0.282. The SMILES string of the molecule is CCOc1ccc(CNC(=NC)NC2CN(C(=O)OC(C)(C)C)C2)cc1OC.I. The highest BCUT2D eigenvalue weighted by Crippen LogP contribution is 2.28. The van der Waals surface area contributed by atoms with Crippen LogP contribution in [-0.2, 0) is 11.3 Å². The van der Waals surface area contributed by atoms with Crippen LogP contribution in [0.25, 0.3) is 0 Å². The van der Waals surface area contributed by atoms with Crippen LogP contribution in [-0.4, -0.2) is 62.4 Å². The number of aliphatic imine (C=N–C) groups is 1. The third kappa shape index (κ3) is 7.79. The molecule has 0 aromatic heterocycles. The maximum absolute atomic E-state index is 12.0. The zero-order valence-corrected chi connectivity index (χ0v) is 20.4. The van der Waals surface area contributed by atoms with E-state index in [0.717, 1.165) is 11.3 Å². The number of halogens is 1. The third-order valence-electron chi connectivity index (χ3n) is 4.09. The molecule has 0 bridgehead atoms. The van der Waals surface area contributed by atoms with Crippen molar-refractivity contribution in [2.24, 2.45) is 4.99 Å². The Balaban J connectivity index is 0.00000420. The van der Waals surface area contributed by atoms with E-state index < -0.39 is 5.60 Å². The van der Waals surface area contributed by atoms with Gasteiger partial charge < -0.3 is 29.7 Å². The highest BCUT2D eigenvalue weighted by molar-refractivity contribution is 14.0. The molecule has 1 saturated heterocycles. The quantitative estimate of drug-likeness (QED) is 0.341. The fraction of sp³-hybridized carbons (Fsp3) is 0.600. The largest absolute Gasteiger partial charge is 0.493 e. The number of methoxy groups -OCH3 is 1. The minimum atomic E-state index is -0.480. The van der Waals surface area contributed by atoms with Crippen molar-refractivity contribution in [3.63, 3.8) is 0 Å². The molecule has 0 saturated carbocycles. The maximum atomic E-state index is 12.0. The Labute approximate surface area is 190 Å². The molecule has 0 unspecified atom stereocenters. The minimum Gasteiger partial charge on any atom is -0.493 e. The van der Waals surface area contributed by atoms with Gasteiger partial charge in [0.05, 0.1) is 19.8 Å².